The zero-order chi connectivity index (χ0) is 7.78. The van der Waals surface area contributed by atoms with E-state index in [1.165, 1.54) is 0 Å². The molecular formula is C7H14ClNO2. The van der Waals surface area contributed by atoms with Gasteiger partial charge in [0.25, 0.3) is 0 Å². The molecule has 0 unspecified atom stereocenters. The number of carboxylic acid groups (broad SMARTS) is 1. The third-order valence-electron chi connectivity index (χ3n) is 2.30. The Morgan fingerprint density at radius 2 is 2.27 bits per heavy atom. The molecule has 66 valence electrons. The first-order valence-corrected chi connectivity index (χ1v) is 3.53. The van der Waals surface area contributed by atoms with Gasteiger partial charge in [0, 0.05) is 6.04 Å². The molecule has 0 radical (unpaired) electrons. The van der Waals surface area contributed by atoms with Crippen LogP contribution in [-0.2, 0) is 4.79 Å². The summed E-state index contributed by atoms with van der Waals surface area (Å²) in [5, 5.41) is 8.73. The minimum atomic E-state index is -0.708. The number of nitrogens with two attached hydrogens (primary N) is 1. The minimum absolute atomic E-state index is 0. The van der Waals surface area contributed by atoms with Crippen molar-refractivity contribution in [3.05, 3.63) is 0 Å². The van der Waals surface area contributed by atoms with Gasteiger partial charge in [-0.05, 0) is 26.2 Å². The van der Waals surface area contributed by atoms with Crippen LogP contribution >= 0.6 is 12.4 Å². The van der Waals surface area contributed by atoms with Crippen LogP contribution in [0.2, 0.25) is 0 Å². The van der Waals surface area contributed by atoms with E-state index in [0.717, 1.165) is 12.8 Å². The first-order chi connectivity index (χ1) is 4.54. The molecule has 0 aromatic heterocycles. The van der Waals surface area contributed by atoms with Gasteiger partial charge in [-0.3, -0.25) is 4.79 Å². The second-order valence-corrected chi connectivity index (χ2v) is 3.37. The predicted molar refractivity (Wildman–Crippen MR) is 44.8 cm³/mol. The lowest BCUT2D eigenvalue weighted by atomic mass is 9.89. The van der Waals surface area contributed by atoms with Gasteiger partial charge in [0.1, 0.15) is 0 Å². The zero-order valence-corrected chi connectivity index (χ0v) is 7.36. The van der Waals surface area contributed by atoms with Crippen molar-refractivity contribution < 1.29 is 9.90 Å². The Labute approximate surface area is 72.4 Å². The van der Waals surface area contributed by atoms with Crippen LogP contribution in [-0.4, -0.2) is 17.1 Å². The van der Waals surface area contributed by atoms with Crippen LogP contribution < -0.4 is 5.73 Å². The third-order valence-corrected chi connectivity index (χ3v) is 2.30. The normalized spacial score (nSPS) is 36.4. The van der Waals surface area contributed by atoms with Crippen LogP contribution in [0.25, 0.3) is 0 Å². The van der Waals surface area contributed by atoms with E-state index in [2.05, 4.69) is 0 Å². The average Bonchev–Trinajstić information content (AvgIpc) is 2.13. The van der Waals surface area contributed by atoms with Crippen molar-refractivity contribution in [3.8, 4) is 0 Å². The van der Waals surface area contributed by atoms with Gasteiger partial charge in [0.05, 0.1) is 5.41 Å². The number of aliphatic carboxylic acids is 1. The molecule has 0 amide bonds. The Morgan fingerprint density at radius 3 is 2.45 bits per heavy atom. The maximum atomic E-state index is 10.6. The van der Waals surface area contributed by atoms with Crippen LogP contribution in [0, 0.1) is 5.41 Å². The van der Waals surface area contributed by atoms with Gasteiger partial charge in [-0.2, -0.15) is 0 Å². The molecule has 3 N–H and O–H groups in total. The van der Waals surface area contributed by atoms with Crippen molar-refractivity contribution >= 4 is 18.4 Å². The van der Waals surface area contributed by atoms with Gasteiger partial charge in [-0.25, -0.2) is 0 Å². The number of rotatable bonds is 1. The third kappa shape index (κ3) is 2.07. The Bertz CT molecular complexity index is 163. The highest BCUT2D eigenvalue weighted by Crippen LogP contribution is 2.36. The molecule has 0 aliphatic heterocycles. The molecule has 1 aliphatic rings. The second kappa shape index (κ2) is 3.41. The highest BCUT2D eigenvalue weighted by Gasteiger charge is 2.39. The molecule has 11 heavy (non-hydrogen) atoms. The summed E-state index contributed by atoms with van der Waals surface area (Å²) in [6.45, 7) is 1.77. The zero-order valence-electron chi connectivity index (χ0n) is 6.54. The molecule has 4 heteroatoms. The van der Waals surface area contributed by atoms with Crippen LogP contribution in [0.3, 0.4) is 0 Å². The second-order valence-electron chi connectivity index (χ2n) is 3.37. The van der Waals surface area contributed by atoms with Crippen molar-refractivity contribution in [3.63, 3.8) is 0 Å². The first-order valence-electron chi connectivity index (χ1n) is 3.53. The largest absolute Gasteiger partial charge is 0.481 e. The number of halogens is 1. The fourth-order valence-corrected chi connectivity index (χ4v) is 1.48. The molecule has 0 heterocycles. The van der Waals surface area contributed by atoms with Gasteiger partial charge in [-0.15, -0.1) is 12.4 Å². The fourth-order valence-electron chi connectivity index (χ4n) is 1.48. The van der Waals surface area contributed by atoms with E-state index in [1.807, 2.05) is 0 Å². The minimum Gasteiger partial charge on any atom is -0.481 e. The van der Waals surface area contributed by atoms with Crippen molar-refractivity contribution in [2.24, 2.45) is 11.1 Å². The molecule has 1 rings (SSSR count). The van der Waals surface area contributed by atoms with Gasteiger partial charge in [-0.1, -0.05) is 0 Å². The molecule has 0 bridgehead atoms. The van der Waals surface area contributed by atoms with Crippen molar-refractivity contribution in [2.45, 2.75) is 32.2 Å². The lowest BCUT2D eigenvalue weighted by Gasteiger charge is -2.16. The summed E-state index contributed by atoms with van der Waals surface area (Å²) in [5.41, 5.74) is 5.04. The van der Waals surface area contributed by atoms with Crippen molar-refractivity contribution in [2.75, 3.05) is 0 Å². The van der Waals surface area contributed by atoms with E-state index < -0.39 is 11.4 Å². The maximum absolute atomic E-state index is 10.6. The standard InChI is InChI=1S/C7H13NO2.ClH/c1-7(6(9)10)3-2-5(8)4-7;/h5H,2-4,8H2,1H3,(H,9,10);1H/t5-,7+;/m0./s1. The average molecular weight is 180 g/mol. The molecule has 0 spiro atoms. The molecule has 2 atom stereocenters. The number of carbonyl (C=O) groups is 1. The Hall–Kier alpha value is -0.280. The van der Waals surface area contributed by atoms with Crippen LogP contribution in [0.4, 0.5) is 0 Å². The fraction of sp³-hybridized carbons (Fsp3) is 0.857. The maximum Gasteiger partial charge on any atom is 0.309 e. The number of carboxylic acids is 1. The number of hydrogen-bond acceptors (Lipinski definition) is 2. The first kappa shape index (κ1) is 10.7. The summed E-state index contributed by atoms with van der Waals surface area (Å²) in [6.07, 6.45) is 2.20. The summed E-state index contributed by atoms with van der Waals surface area (Å²) < 4.78 is 0. The highest BCUT2D eigenvalue weighted by molar-refractivity contribution is 5.85. The molecule has 0 saturated heterocycles. The smallest absolute Gasteiger partial charge is 0.309 e. The van der Waals surface area contributed by atoms with Gasteiger partial charge in [0.2, 0.25) is 0 Å². The lowest BCUT2D eigenvalue weighted by molar-refractivity contribution is -0.147. The predicted octanol–water partition coefficient (Wildman–Crippen LogP) is 1.01. The van der Waals surface area contributed by atoms with Crippen molar-refractivity contribution in [1.29, 1.82) is 0 Å². The summed E-state index contributed by atoms with van der Waals surface area (Å²) >= 11 is 0. The Balaban J connectivity index is 0.000001000. The lowest BCUT2D eigenvalue weighted by Crippen LogP contribution is -2.26. The molecular weight excluding hydrogens is 166 g/mol. The summed E-state index contributed by atoms with van der Waals surface area (Å²) in [4.78, 5) is 10.6. The van der Waals surface area contributed by atoms with E-state index in [4.69, 9.17) is 10.8 Å². The van der Waals surface area contributed by atoms with Crippen LogP contribution in [0.15, 0.2) is 0 Å². The Kier molecular flexibility index (Phi) is 3.32. The van der Waals surface area contributed by atoms with E-state index in [1.54, 1.807) is 6.92 Å². The molecule has 1 aliphatic carbocycles. The molecule has 1 saturated carbocycles. The van der Waals surface area contributed by atoms with E-state index in [9.17, 15) is 4.79 Å². The quantitative estimate of drug-likeness (QED) is 0.632. The van der Waals surface area contributed by atoms with Gasteiger partial charge in [0.15, 0.2) is 0 Å². The summed E-state index contributed by atoms with van der Waals surface area (Å²) in [6, 6.07) is 0.0982. The molecule has 0 aromatic carbocycles. The summed E-state index contributed by atoms with van der Waals surface area (Å²) in [5.74, 6) is -0.708. The van der Waals surface area contributed by atoms with E-state index in [-0.39, 0.29) is 18.4 Å². The monoisotopic (exact) mass is 179 g/mol. The van der Waals surface area contributed by atoms with E-state index in [0.29, 0.717) is 6.42 Å². The SMILES string of the molecule is C[C@@]1(C(=O)O)CC[C@H](N)C1.Cl. The van der Waals surface area contributed by atoms with Crippen molar-refractivity contribution in [1.82, 2.24) is 0 Å². The topological polar surface area (TPSA) is 63.3 Å². The van der Waals surface area contributed by atoms with Gasteiger partial charge < -0.3 is 10.8 Å². The van der Waals surface area contributed by atoms with Crippen LogP contribution in [0.5, 0.6) is 0 Å². The van der Waals surface area contributed by atoms with E-state index >= 15 is 0 Å². The molecule has 0 aromatic rings. The highest BCUT2D eigenvalue weighted by atomic mass is 35.5. The molecule has 1 fully saturated rings. The van der Waals surface area contributed by atoms with Crippen LogP contribution in [0.1, 0.15) is 26.2 Å². The molecule has 3 nitrogen and oxygen atoms in total. The Morgan fingerprint density at radius 1 is 1.73 bits per heavy atom. The van der Waals surface area contributed by atoms with Gasteiger partial charge >= 0.3 is 5.97 Å². The summed E-state index contributed by atoms with van der Waals surface area (Å²) in [7, 11) is 0. The number of hydrogen-bond donors (Lipinski definition) is 2.